The summed E-state index contributed by atoms with van der Waals surface area (Å²) in [6.07, 6.45) is 1.05. The number of aliphatic hydroxyl groups is 1. The number of nitrogen functional groups attached to an aromatic ring is 1. The molecule has 0 aromatic carbocycles. The highest BCUT2D eigenvalue weighted by molar-refractivity contribution is 5.46. The van der Waals surface area contributed by atoms with E-state index < -0.39 is 6.10 Å². The monoisotopic (exact) mass is 155 g/mol. The van der Waals surface area contributed by atoms with Gasteiger partial charge in [-0.3, -0.25) is 0 Å². The zero-order valence-electron chi connectivity index (χ0n) is 5.90. The van der Waals surface area contributed by atoms with Gasteiger partial charge in [-0.1, -0.05) is 0 Å². The zero-order chi connectivity index (χ0) is 7.84. The summed E-state index contributed by atoms with van der Waals surface area (Å²) in [7, 11) is 0. The van der Waals surface area contributed by atoms with Crippen LogP contribution in [-0.4, -0.2) is 27.6 Å². The molecule has 0 amide bonds. The van der Waals surface area contributed by atoms with Crippen molar-refractivity contribution in [3.8, 4) is 5.88 Å². The molecule has 0 fully saturated rings. The second-order valence-electron chi connectivity index (χ2n) is 2.55. The molecular formula is C6H9N3O2. The number of hydrogen-bond acceptors (Lipinski definition) is 4. The quantitative estimate of drug-likeness (QED) is 0.515. The first-order chi connectivity index (χ1) is 5.27. The van der Waals surface area contributed by atoms with Crippen molar-refractivity contribution >= 4 is 5.69 Å². The summed E-state index contributed by atoms with van der Waals surface area (Å²) in [4.78, 5) is 0. The Bertz CT molecular complexity index is 271. The maximum atomic E-state index is 9.14. The van der Waals surface area contributed by atoms with Crippen LogP contribution in [-0.2, 0) is 6.54 Å². The summed E-state index contributed by atoms with van der Waals surface area (Å²) in [6, 6.07) is 0. The number of nitrogens with zero attached hydrogens (tertiary/aromatic N) is 2. The molecule has 0 bridgehead atoms. The van der Waals surface area contributed by atoms with Gasteiger partial charge in [0.05, 0.1) is 12.7 Å². The molecule has 0 unspecified atom stereocenters. The van der Waals surface area contributed by atoms with Gasteiger partial charge < -0.3 is 15.6 Å². The van der Waals surface area contributed by atoms with Gasteiger partial charge in [0, 0.05) is 0 Å². The van der Waals surface area contributed by atoms with Crippen LogP contribution in [0.3, 0.4) is 0 Å². The molecule has 60 valence electrons. The molecular weight excluding hydrogens is 146 g/mol. The van der Waals surface area contributed by atoms with Gasteiger partial charge in [-0.05, 0) is 0 Å². The van der Waals surface area contributed by atoms with Gasteiger partial charge in [-0.2, -0.15) is 5.10 Å². The average molecular weight is 155 g/mol. The highest BCUT2D eigenvalue weighted by Crippen LogP contribution is 2.23. The van der Waals surface area contributed by atoms with Crippen LogP contribution in [0.15, 0.2) is 6.20 Å². The van der Waals surface area contributed by atoms with Gasteiger partial charge in [-0.15, -0.1) is 0 Å². The molecule has 2 heterocycles. The lowest BCUT2D eigenvalue weighted by Crippen LogP contribution is -2.30. The molecule has 0 spiro atoms. The Morgan fingerprint density at radius 2 is 2.64 bits per heavy atom. The summed E-state index contributed by atoms with van der Waals surface area (Å²) in [5.41, 5.74) is 6.04. The number of aliphatic hydroxyl groups excluding tert-OH is 1. The van der Waals surface area contributed by atoms with Crippen molar-refractivity contribution in [1.82, 2.24) is 9.78 Å². The van der Waals surface area contributed by atoms with Crippen LogP contribution < -0.4 is 10.5 Å². The topological polar surface area (TPSA) is 73.3 Å². The van der Waals surface area contributed by atoms with Gasteiger partial charge in [0.15, 0.2) is 0 Å². The second kappa shape index (κ2) is 2.13. The molecule has 3 N–H and O–H groups in total. The van der Waals surface area contributed by atoms with E-state index in [1.54, 1.807) is 4.68 Å². The fourth-order valence-electron chi connectivity index (χ4n) is 1.10. The van der Waals surface area contributed by atoms with E-state index in [2.05, 4.69) is 5.10 Å². The van der Waals surface area contributed by atoms with Crippen LogP contribution in [0, 0.1) is 0 Å². The first-order valence-electron chi connectivity index (χ1n) is 3.39. The molecule has 1 aromatic rings. The van der Waals surface area contributed by atoms with Crippen molar-refractivity contribution in [3.63, 3.8) is 0 Å². The Labute approximate surface area is 63.4 Å². The zero-order valence-corrected chi connectivity index (χ0v) is 5.90. The smallest absolute Gasteiger partial charge is 0.235 e. The summed E-state index contributed by atoms with van der Waals surface area (Å²) in [6.45, 7) is 0.766. The van der Waals surface area contributed by atoms with Crippen LogP contribution in [0.25, 0.3) is 0 Å². The molecule has 0 aliphatic carbocycles. The van der Waals surface area contributed by atoms with Crippen molar-refractivity contribution in [2.24, 2.45) is 0 Å². The third kappa shape index (κ3) is 0.932. The van der Waals surface area contributed by atoms with Gasteiger partial charge in [0.1, 0.15) is 18.4 Å². The third-order valence-corrected chi connectivity index (χ3v) is 1.61. The largest absolute Gasteiger partial charge is 0.474 e. The lowest BCUT2D eigenvalue weighted by atomic mass is 10.3. The van der Waals surface area contributed by atoms with Gasteiger partial charge >= 0.3 is 0 Å². The van der Waals surface area contributed by atoms with Crippen LogP contribution >= 0.6 is 0 Å². The minimum Gasteiger partial charge on any atom is -0.474 e. The third-order valence-electron chi connectivity index (χ3n) is 1.61. The Balaban J connectivity index is 2.36. The Hall–Kier alpha value is -1.23. The average Bonchev–Trinajstić information content (AvgIpc) is 2.32. The highest BCUT2D eigenvalue weighted by Gasteiger charge is 2.19. The number of ether oxygens (including phenoxy) is 1. The minimum atomic E-state index is -0.471. The Morgan fingerprint density at radius 3 is 3.45 bits per heavy atom. The second-order valence-corrected chi connectivity index (χ2v) is 2.55. The van der Waals surface area contributed by atoms with E-state index in [4.69, 9.17) is 15.6 Å². The predicted molar refractivity (Wildman–Crippen MR) is 38.1 cm³/mol. The number of aromatic nitrogens is 2. The SMILES string of the molecule is Nc1cnn2c1OC[C@H](O)C2. The van der Waals surface area contributed by atoms with Crippen LogP contribution in [0.5, 0.6) is 5.88 Å². The fraction of sp³-hybridized carbons (Fsp3) is 0.500. The van der Waals surface area contributed by atoms with Crippen molar-refractivity contribution in [1.29, 1.82) is 0 Å². The van der Waals surface area contributed by atoms with Crippen LogP contribution in [0.2, 0.25) is 0 Å². The van der Waals surface area contributed by atoms with Crippen molar-refractivity contribution in [3.05, 3.63) is 6.20 Å². The molecule has 1 aliphatic heterocycles. The predicted octanol–water partition coefficient (Wildman–Crippen LogP) is -0.781. The number of fused-ring (bicyclic) bond motifs is 1. The lowest BCUT2D eigenvalue weighted by Gasteiger charge is -2.19. The van der Waals surface area contributed by atoms with E-state index in [1.807, 2.05) is 0 Å². The molecule has 1 atom stereocenters. The first-order valence-corrected chi connectivity index (χ1v) is 3.39. The van der Waals surface area contributed by atoms with Gasteiger partial charge in [-0.25, -0.2) is 4.68 Å². The molecule has 5 nitrogen and oxygen atoms in total. The summed E-state index contributed by atoms with van der Waals surface area (Å²) < 4.78 is 6.69. The summed E-state index contributed by atoms with van der Waals surface area (Å²) in [5, 5.41) is 13.1. The summed E-state index contributed by atoms with van der Waals surface area (Å²) in [5.74, 6) is 0.565. The standard InChI is InChI=1S/C6H9N3O2/c7-5-1-8-9-2-4(10)3-11-6(5)9/h1,4,10H,2-3,7H2/t4-/m1/s1. The van der Waals surface area contributed by atoms with Gasteiger partial charge in [0.25, 0.3) is 0 Å². The number of rotatable bonds is 0. The van der Waals surface area contributed by atoms with Crippen molar-refractivity contribution in [2.45, 2.75) is 12.6 Å². The maximum absolute atomic E-state index is 9.14. The fourth-order valence-corrected chi connectivity index (χ4v) is 1.10. The molecule has 1 aliphatic rings. The number of anilines is 1. The van der Waals surface area contributed by atoms with Gasteiger partial charge in [0.2, 0.25) is 5.88 Å². The normalized spacial score (nSPS) is 22.5. The van der Waals surface area contributed by atoms with Crippen LogP contribution in [0.1, 0.15) is 0 Å². The Kier molecular flexibility index (Phi) is 1.25. The first kappa shape index (κ1) is 6.48. The van der Waals surface area contributed by atoms with E-state index in [0.29, 0.717) is 24.7 Å². The van der Waals surface area contributed by atoms with E-state index in [0.717, 1.165) is 0 Å². The van der Waals surface area contributed by atoms with Crippen molar-refractivity contribution < 1.29 is 9.84 Å². The number of nitrogens with two attached hydrogens (primary N) is 1. The highest BCUT2D eigenvalue weighted by atomic mass is 16.5. The molecule has 11 heavy (non-hydrogen) atoms. The maximum Gasteiger partial charge on any atom is 0.235 e. The van der Waals surface area contributed by atoms with E-state index >= 15 is 0 Å². The molecule has 0 saturated heterocycles. The molecule has 1 aromatic heterocycles. The Morgan fingerprint density at radius 1 is 1.82 bits per heavy atom. The molecule has 2 rings (SSSR count). The molecule has 0 radical (unpaired) electrons. The van der Waals surface area contributed by atoms with Crippen LogP contribution in [0.4, 0.5) is 5.69 Å². The van der Waals surface area contributed by atoms with E-state index in [1.165, 1.54) is 6.20 Å². The van der Waals surface area contributed by atoms with E-state index in [9.17, 15) is 0 Å². The lowest BCUT2D eigenvalue weighted by molar-refractivity contribution is 0.0563. The molecule has 5 heteroatoms. The van der Waals surface area contributed by atoms with Crippen molar-refractivity contribution in [2.75, 3.05) is 12.3 Å². The van der Waals surface area contributed by atoms with E-state index in [-0.39, 0.29) is 0 Å². The molecule has 0 saturated carbocycles. The number of hydrogen-bond donors (Lipinski definition) is 2. The minimum absolute atomic E-state index is 0.301. The summed E-state index contributed by atoms with van der Waals surface area (Å²) >= 11 is 0.